The number of carbonyl (C=O) groups is 1. The first-order valence-corrected chi connectivity index (χ1v) is 7.86. The highest BCUT2D eigenvalue weighted by Crippen LogP contribution is 2.18. The normalized spacial score (nSPS) is 9.85. The Balaban J connectivity index is 1.63. The molecular weight excluding hydrogens is 328 g/mol. The Hall–Kier alpha value is -3.85. The van der Waals surface area contributed by atoms with Gasteiger partial charge >= 0.3 is 0 Å². The van der Waals surface area contributed by atoms with E-state index in [1.807, 2.05) is 0 Å². The standard InChI is InChI=1S/C20H16N4O2/c1-26-18-9-4-15(5-10-18)20(25)24-17-8-11-19(22-13-17)23-16-6-2-14(12-21)3-7-16/h2-11,13H,1H3,(H,22,23)(H,24,25). The van der Waals surface area contributed by atoms with Crippen molar-refractivity contribution in [3.8, 4) is 11.8 Å². The fourth-order valence-electron chi connectivity index (χ4n) is 2.26. The lowest BCUT2D eigenvalue weighted by atomic mass is 10.2. The number of carbonyl (C=O) groups excluding carboxylic acids is 1. The molecule has 1 heterocycles. The zero-order valence-corrected chi connectivity index (χ0v) is 14.1. The molecule has 0 saturated heterocycles. The molecule has 0 aliphatic rings. The van der Waals surface area contributed by atoms with E-state index in [1.54, 1.807) is 74.0 Å². The van der Waals surface area contributed by atoms with Gasteiger partial charge in [-0.2, -0.15) is 5.26 Å². The van der Waals surface area contributed by atoms with Gasteiger partial charge in [-0.15, -0.1) is 0 Å². The average molecular weight is 344 g/mol. The van der Waals surface area contributed by atoms with Gasteiger partial charge in [-0.05, 0) is 60.7 Å². The molecule has 0 unspecified atom stereocenters. The van der Waals surface area contributed by atoms with Crippen LogP contribution < -0.4 is 15.4 Å². The van der Waals surface area contributed by atoms with Crippen molar-refractivity contribution in [3.63, 3.8) is 0 Å². The zero-order chi connectivity index (χ0) is 18.4. The first kappa shape index (κ1) is 17.0. The molecule has 0 atom stereocenters. The SMILES string of the molecule is COc1ccc(C(=O)Nc2ccc(Nc3ccc(C#N)cc3)nc2)cc1. The van der Waals surface area contributed by atoms with Crippen molar-refractivity contribution < 1.29 is 9.53 Å². The number of nitrogens with one attached hydrogen (secondary N) is 2. The predicted molar refractivity (Wildman–Crippen MR) is 99.6 cm³/mol. The molecule has 3 aromatic rings. The van der Waals surface area contributed by atoms with Gasteiger partial charge in [0.1, 0.15) is 11.6 Å². The monoisotopic (exact) mass is 344 g/mol. The van der Waals surface area contributed by atoms with E-state index < -0.39 is 0 Å². The number of nitriles is 1. The van der Waals surface area contributed by atoms with E-state index in [1.165, 1.54) is 0 Å². The molecule has 0 spiro atoms. The van der Waals surface area contributed by atoms with Crippen molar-refractivity contribution in [2.24, 2.45) is 0 Å². The summed E-state index contributed by atoms with van der Waals surface area (Å²) in [5.74, 6) is 1.11. The summed E-state index contributed by atoms with van der Waals surface area (Å²) in [5, 5.41) is 14.7. The Morgan fingerprint density at radius 2 is 1.69 bits per heavy atom. The Morgan fingerprint density at radius 1 is 1.00 bits per heavy atom. The second-order valence-corrected chi connectivity index (χ2v) is 5.43. The first-order chi connectivity index (χ1) is 12.7. The van der Waals surface area contributed by atoms with Gasteiger partial charge in [-0.3, -0.25) is 4.79 Å². The Labute approximate surface area is 151 Å². The average Bonchev–Trinajstić information content (AvgIpc) is 2.70. The molecule has 2 N–H and O–H groups in total. The summed E-state index contributed by atoms with van der Waals surface area (Å²) in [6, 6.07) is 19.5. The molecule has 3 rings (SSSR count). The summed E-state index contributed by atoms with van der Waals surface area (Å²) in [5.41, 5.74) is 2.55. The highest BCUT2D eigenvalue weighted by Gasteiger charge is 2.07. The summed E-state index contributed by atoms with van der Waals surface area (Å²) in [6.45, 7) is 0. The minimum Gasteiger partial charge on any atom is -0.497 e. The van der Waals surface area contributed by atoms with Crippen molar-refractivity contribution >= 4 is 23.1 Å². The minimum absolute atomic E-state index is 0.220. The van der Waals surface area contributed by atoms with E-state index in [9.17, 15) is 4.79 Å². The van der Waals surface area contributed by atoms with Crippen LogP contribution in [0.2, 0.25) is 0 Å². The van der Waals surface area contributed by atoms with Gasteiger partial charge in [0.15, 0.2) is 0 Å². The maximum atomic E-state index is 12.2. The van der Waals surface area contributed by atoms with Gasteiger partial charge < -0.3 is 15.4 Å². The Bertz CT molecular complexity index is 928. The molecule has 1 amide bonds. The number of amides is 1. The van der Waals surface area contributed by atoms with Gasteiger partial charge in [0, 0.05) is 11.3 Å². The van der Waals surface area contributed by atoms with E-state index >= 15 is 0 Å². The number of ether oxygens (including phenoxy) is 1. The molecule has 0 fully saturated rings. The number of benzene rings is 2. The molecule has 0 radical (unpaired) electrons. The second kappa shape index (κ2) is 7.81. The van der Waals surface area contributed by atoms with Crippen molar-refractivity contribution in [2.75, 3.05) is 17.7 Å². The van der Waals surface area contributed by atoms with Crippen LogP contribution in [0.4, 0.5) is 17.2 Å². The summed E-state index contributed by atoms with van der Waals surface area (Å²) in [4.78, 5) is 16.5. The summed E-state index contributed by atoms with van der Waals surface area (Å²) in [7, 11) is 1.58. The van der Waals surface area contributed by atoms with E-state index in [0.29, 0.717) is 28.4 Å². The van der Waals surface area contributed by atoms with Crippen molar-refractivity contribution in [3.05, 3.63) is 78.0 Å². The molecule has 0 saturated carbocycles. The van der Waals surface area contributed by atoms with Crippen LogP contribution in [0.25, 0.3) is 0 Å². The lowest BCUT2D eigenvalue weighted by molar-refractivity contribution is 0.102. The maximum absolute atomic E-state index is 12.2. The quantitative estimate of drug-likeness (QED) is 0.731. The molecule has 6 nitrogen and oxygen atoms in total. The molecule has 0 aliphatic heterocycles. The minimum atomic E-state index is -0.220. The largest absolute Gasteiger partial charge is 0.497 e. The Kier molecular flexibility index (Phi) is 5.11. The van der Waals surface area contributed by atoms with Gasteiger partial charge in [0.05, 0.1) is 30.6 Å². The van der Waals surface area contributed by atoms with Crippen molar-refractivity contribution in [1.82, 2.24) is 4.98 Å². The maximum Gasteiger partial charge on any atom is 0.255 e. The third-order valence-electron chi connectivity index (χ3n) is 3.66. The van der Waals surface area contributed by atoms with Gasteiger partial charge in [0.25, 0.3) is 5.91 Å². The molecule has 128 valence electrons. The number of anilines is 3. The third-order valence-corrected chi connectivity index (χ3v) is 3.66. The summed E-state index contributed by atoms with van der Waals surface area (Å²) in [6.07, 6.45) is 1.58. The molecule has 6 heteroatoms. The van der Waals surface area contributed by atoms with Crippen LogP contribution in [0.1, 0.15) is 15.9 Å². The highest BCUT2D eigenvalue weighted by atomic mass is 16.5. The van der Waals surface area contributed by atoms with Crippen LogP contribution in [0, 0.1) is 11.3 Å². The number of rotatable bonds is 5. The summed E-state index contributed by atoms with van der Waals surface area (Å²) >= 11 is 0. The number of hydrogen-bond acceptors (Lipinski definition) is 5. The van der Waals surface area contributed by atoms with Crippen LogP contribution in [0.3, 0.4) is 0 Å². The van der Waals surface area contributed by atoms with E-state index in [2.05, 4.69) is 21.7 Å². The van der Waals surface area contributed by atoms with Crippen LogP contribution in [-0.4, -0.2) is 18.0 Å². The van der Waals surface area contributed by atoms with Gasteiger partial charge in [-0.1, -0.05) is 0 Å². The van der Waals surface area contributed by atoms with Gasteiger partial charge in [-0.25, -0.2) is 4.98 Å². The Morgan fingerprint density at radius 3 is 2.27 bits per heavy atom. The number of hydrogen-bond donors (Lipinski definition) is 2. The van der Waals surface area contributed by atoms with Crippen LogP contribution in [-0.2, 0) is 0 Å². The number of methoxy groups -OCH3 is 1. The van der Waals surface area contributed by atoms with Crippen LogP contribution >= 0.6 is 0 Å². The second-order valence-electron chi connectivity index (χ2n) is 5.43. The van der Waals surface area contributed by atoms with Crippen molar-refractivity contribution in [1.29, 1.82) is 5.26 Å². The summed E-state index contributed by atoms with van der Waals surface area (Å²) < 4.78 is 5.08. The van der Waals surface area contributed by atoms with E-state index in [-0.39, 0.29) is 5.91 Å². The van der Waals surface area contributed by atoms with Crippen LogP contribution in [0.5, 0.6) is 5.75 Å². The molecule has 26 heavy (non-hydrogen) atoms. The molecule has 0 bridgehead atoms. The fraction of sp³-hybridized carbons (Fsp3) is 0.0500. The number of pyridine rings is 1. The first-order valence-electron chi connectivity index (χ1n) is 7.86. The van der Waals surface area contributed by atoms with E-state index in [4.69, 9.17) is 10.00 Å². The van der Waals surface area contributed by atoms with Crippen molar-refractivity contribution in [2.45, 2.75) is 0 Å². The molecular formula is C20H16N4O2. The topological polar surface area (TPSA) is 87.0 Å². The molecule has 0 aliphatic carbocycles. The third kappa shape index (κ3) is 4.16. The number of aromatic nitrogens is 1. The van der Waals surface area contributed by atoms with E-state index in [0.717, 1.165) is 5.69 Å². The molecule has 2 aromatic carbocycles. The van der Waals surface area contributed by atoms with Gasteiger partial charge in [0.2, 0.25) is 0 Å². The lowest BCUT2D eigenvalue weighted by Crippen LogP contribution is -2.12. The van der Waals surface area contributed by atoms with Crippen LogP contribution in [0.15, 0.2) is 66.9 Å². The molecule has 1 aromatic heterocycles. The lowest BCUT2D eigenvalue weighted by Gasteiger charge is -2.08. The highest BCUT2D eigenvalue weighted by molar-refractivity contribution is 6.04. The fourth-order valence-corrected chi connectivity index (χ4v) is 2.26. The smallest absolute Gasteiger partial charge is 0.255 e. The predicted octanol–water partition coefficient (Wildman–Crippen LogP) is 3.96. The number of nitrogens with zero attached hydrogens (tertiary/aromatic N) is 2. The zero-order valence-electron chi connectivity index (χ0n) is 14.1.